The van der Waals surface area contributed by atoms with Crippen molar-refractivity contribution in [1.82, 2.24) is 25.2 Å². The van der Waals surface area contributed by atoms with Gasteiger partial charge < -0.3 is 29.2 Å². The molecule has 0 unspecified atom stereocenters. The van der Waals surface area contributed by atoms with Gasteiger partial charge in [-0.15, -0.1) is 0 Å². The average Bonchev–Trinajstić information content (AvgIpc) is 3.55. The molecule has 2 aliphatic heterocycles. The molecule has 1 aromatic carbocycles. The largest absolute Gasteiger partial charge is 0.472 e. The molecule has 11 nitrogen and oxygen atoms in total. The van der Waals surface area contributed by atoms with E-state index < -0.39 is 59.5 Å². The molecule has 2 aromatic heterocycles. The SMILES string of the molecule is C[C@@H]1[C@@H]2CN(C(=O)[C@H](C(C)(C)C)NC(=O)O[C@]3(C)C[C@H]3CCCCC(F)(F)c3cc4ccc(Oc5ccncn5)cc4nc3O2)[C@@H]1C=O. The number of rotatable bonds is 3. The van der Waals surface area contributed by atoms with Crippen LogP contribution >= 0.6 is 0 Å². The fourth-order valence-corrected chi connectivity index (χ4v) is 6.72. The zero-order chi connectivity index (χ0) is 34.4. The number of fused-ring (bicyclic) bond motifs is 5. The lowest BCUT2D eigenvalue weighted by atomic mass is 9.85. The third kappa shape index (κ3) is 6.77. The van der Waals surface area contributed by atoms with Gasteiger partial charge in [-0.1, -0.05) is 34.1 Å². The van der Waals surface area contributed by atoms with Gasteiger partial charge in [-0.3, -0.25) is 4.79 Å². The predicted octanol–water partition coefficient (Wildman–Crippen LogP) is 6.20. The molecule has 13 heteroatoms. The standard InChI is InChI=1S/C35H41F2N5O6/c1-20-26(18-43)42-17-27(20)47-30-24(14-21-9-10-23(15-25(21)40-30)46-28-11-13-38-19-39-28)35(36,37)12-7-6-8-22-16-34(22,5)48-32(45)41-29(31(42)44)33(2,3)4/h9-11,13-15,18-20,22,26-27,29H,6-8,12,16-17H2,1-5H3,(H,41,45)/t20-,22+,26+,27-,29+,34+/m0/s1. The first kappa shape index (κ1) is 33.5. The number of nitrogens with zero attached hydrogens (tertiary/aromatic N) is 4. The molecule has 6 atom stereocenters. The summed E-state index contributed by atoms with van der Waals surface area (Å²) in [7, 11) is 0. The van der Waals surface area contributed by atoms with E-state index >= 15 is 8.78 Å². The van der Waals surface area contributed by atoms with Gasteiger partial charge in [-0.2, -0.15) is 0 Å². The van der Waals surface area contributed by atoms with Crippen LogP contribution < -0.4 is 14.8 Å². The Kier molecular flexibility index (Phi) is 8.76. The number of ether oxygens (including phenoxy) is 3. The van der Waals surface area contributed by atoms with Gasteiger partial charge in [0.25, 0.3) is 5.92 Å². The van der Waals surface area contributed by atoms with E-state index in [-0.39, 0.29) is 30.3 Å². The Morgan fingerprint density at radius 2 is 1.94 bits per heavy atom. The fourth-order valence-electron chi connectivity index (χ4n) is 6.72. The number of alkyl carbamates (subject to hydrolysis) is 1. The van der Waals surface area contributed by atoms with Crippen LogP contribution in [0.1, 0.15) is 72.3 Å². The number of amides is 2. The summed E-state index contributed by atoms with van der Waals surface area (Å²) in [6.07, 6.45) is 3.50. The number of aldehydes is 1. The van der Waals surface area contributed by atoms with Crippen LogP contribution in [0.2, 0.25) is 0 Å². The highest BCUT2D eigenvalue weighted by atomic mass is 19.3. The van der Waals surface area contributed by atoms with E-state index in [0.29, 0.717) is 48.1 Å². The van der Waals surface area contributed by atoms with Crippen molar-refractivity contribution >= 4 is 29.2 Å². The summed E-state index contributed by atoms with van der Waals surface area (Å²) in [6, 6.07) is 5.94. The molecule has 2 fully saturated rings. The molecule has 256 valence electrons. The smallest absolute Gasteiger partial charge is 0.408 e. The van der Waals surface area contributed by atoms with E-state index in [9.17, 15) is 14.4 Å². The number of hydrogen-bond donors (Lipinski definition) is 1. The maximum atomic E-state index is 16.1. The van der Waals surface area contributed by atoms with Crippen molar-refractivity contribution in [3.63, 3.8) is 0 Å². The van der Waals surface area contributed by atoms with Crippen LogP contribution in [0.5, 0.6) is 17.5 Å². The third-order valence-corrected chi connectivity index (χ3v) is 9.82. The molecule has 2 bridgehead atoms. The van der Waals surface area contributed by atoms with Crippen LogP contribution in [0.3, 0.4) is 0 Å². The van der Waals surface area contributed by atoms with E-state index in [1.165, 1.54) is 23.5 Å². The highest BCUT2D eigenvalue weighted by Gasteiger charge is 2.54. The minimum absolute atomic E-state index is 0.0270. The lowest BCUT2D eigenvalue weighted by Gasteiger charge is -2.35. The molecule has 3 aromatic rings. The molecular weight excluding hydrogens is 624 g/mol. The van der Waals surface area contributed by atoms with Crippen molar-refractivity contribution in [3.05, 3.63) is 48.4 Å². The summed E-state index contributed by atoms with van der Waals surface area (Å²) in [5.74, 6) is -3.91. The number of pyridine rings is 1. The average molecular weight is 666 g/mol. The van der Waals surface area contributed by atoms with Crippen molar-refractivity contribution in [1.29, 1.82) is 0 Å². The monoisotopic (exact) mass is 665 g/mol. The first-order valence-electron chi connectivity index (χ1n) is 16.4. The van der Waals surface area contributed by atoms with Gasteiger partial charge in [0.2, 0.25) is 17.7 Å². The number of hydrogen-bond acceptors (Lipinski definition) is 9. The fraction of sp³-hybridized carbons (Fsp3) is 0.543. The van der Waals surface area contributed by atoms with E-state index in [2.05, 4.69) is 20.3 Å². The number of nitrogens with one attached hydrogen (secondary N) is 1. The second-order valence-electron chi connectivity index (χ2n) is 14.5. The second-order valence-corrected chi connectivity index (χ2v) is 14.5. The Morgan fingerprint density at radius 1 is 1.15 bits per heavy atom. The summed E-state index contributed by atoms with van der Waals surface area (Å²) in [4.78, 5) is 53.4. The van der Waals surface area contributed by atoms with Crippen molar-refractivity contribution in [2.45, 2.75) is 96.4 Å². The number of aromatic nitrogens is 3. The summed E-state index contributed by atoms with van der Waals surface area (Å²) in [5.41, 5.74) is -1.48. The number of alkyl halides is 2. The van der Waals surface area contributed by atoms with Crippen LogP contribution in [0.15, 0.2) is 42.9 Å². The van der Waals surface area contributed by atoms with Crippen molar-refractivity contribution < 1.29 is 37.4 Å². The summed E-state index contributed by atoms with van der Waals surface area (Å²) in [6.45, 7) is 8.90. The van der Waals surface area contributed by atoms with Gasteiger partial charge in [0.05, 0.1) is 23.7 Å². The molecular formula is C35H41F2N5O6. The summed E-state index contributed by atoms with van der Waals surface area (Å²) in [5, 5.41) is 3.23. The maximum Gasteiger partial charge on any atom is 0.408 e. The van der Waals surface area contributed by atoms with Crippen LogP contribution in [0.25, 0.3) is 10.9 Å². The molecule has 1 saturated carbocycles. The molecule has 0 radical (unpaired) electrons. The van der Waals surface area contributed by atoms with E-state index in [4.69, 9.17) is 14.2 Å². The van der Waals surface area contributed by atoms with Crippen LogP contribution in [0, 0.1) is 17.3 Å². The van der Waals surface area contributed by atoms with Crippen molar-refractivity contribution in [3.8, 4) is 17.5 Å². The van der Waals surface area contributed by atoms with Crippen LogP contribution in [-0.2, 0) is 20.2 Å². The lowest BCUT2D eigenvalue weighted by Crippen LogP contribution is -2.56. The normalized spacial score (nSPS) is 29.3. The number of halogens is 2. The van der Waals surface area contributed by atoms with E-state index in [1.54, 1.807) is 31.2 Å². The Morgan fingerprint density at radius 3 is 2.65 bits per heavy atom. The molecule has 0 spiro atoms. The second kappa shape index (κ2) is 12.6. The molecule has 3 aliphatic rings. The van der Waals surface area contributed by atoms with Crippen molar-refractivity contribution in [2.24, 2.45) is 17.3 Å². The molecule has 1 aliphatic carbocycles. The number of benzene rings is 1. The van der Waals surface area contributed by atoms with Crippen molar-refractivity contribution in [2.75, 3.05) is 6.54 Å². The molecule has 6 rings (SSSR count). The zero-order valence-electron chi connectivity index (χ0n) is 27.7. The lowest BCUT2D eigenvalue weighted by molar-refractivity contribution is -0.139. The van der Waals surface area contributed by atoms with E-state index in [1.807, 2.05) is 27.7 Å². The first-order chi connectivity index (χ1) is 22.7. The van der Waals surface area contributed by atoms with Gasteiger partial charge >= 0.3 is 6.09 Å². The third-order valence-electron chi connectivity index (χ3n) is 9.82. The topological polar surface area (TPSA) is 133 Å². The number of carbonyl (C=O) groups is 3. The Balaban J connectivity index is 1.39. The molecule has 2 amide bonds. The summed E-state index contributed by atoms with van der Waals surface area (Å²) < 4.78 is 50.1. The first-order valence-corrected chi connectivity index (χ1v) is 16.4. The minimum Gasteiger partial charge on any atom is -0.472 e. The Labute approximate surface area is 277 Å². The molecule has 1 saturated heterocycles. The molecule has 1 N–H and O–H groups in total. The highest BCUT2D eigenvalue weighted by molar-refractivity contribution is 5.89. The summed E-state index contributed by atoms with van der Waals surface area (Å²) >= 11 is 0. The predicted molar refractivity (Wildman–Crippen MR) is 171 cm³/mol. The van der Waals surface area contributed by atoms with E-state index in [0.717, 1.165) is 0 Å². The highest BCUT2D eigenvalue weighted by Crippen LogP contribution is 2.50. The molecule has 4 heterocycles. The van der Waals surface area contributed by atoms with Crippen LogP contribution in [0.4, 0.5) is 13.6 Å². The maximum absolute atomic E-state index is 16.1. The number of carbonyl (C=O) groups excluding carboxylic acids is 3. The van der Waals surface area contributed by atoms with Gasteiger partial charge in [-0.25, -0.2) is 28.5 Å². The zero-order valence-corrected chi connectivity index (χ0v) is 27.7. The molecule has 48 heavy (non-hydrogen) atoms. The van der Waals surface area contributed by atoms with Gasteiger partial charge in [0.15, 0.2) is 0 Å². The van der Waals surface area contributed by atoms with Gasteiger partial charge in [-0.05, 0) is 49.8 Å². The quantitative estimate of drug-likeness (QED) is 0.325. The Bertz CT molecular complexity index is 1700. The van der Waals surface area contributed by atoms with Gasteiger partial charge in [0.1, 0.15) is 36.1 Å². The Hall–Kier alpha value is -4.42. The van der Waals surface area contributed by atoms with Gasteiger partial charge in [0, 0.05) is 42.0 Å². The van der Waals surface area contributed by atoms with Crippen LogP contribution in [-0.4, -0.2) is 68.5 Å². The minimum atomic E-state index is -3.29.